The van der Waals surface area contributed by atoms with Gasteiger partial charge in [-0.1, -0.05) is 58.1 Å². The Morgan fingerprint density at radius 1 is 1.07 bits per heavy atom. The average Bonchev–Trinajstić information content (AvgIpc) is 3.09. The minimum absolute atomic E-state index is 0.334. The molecule has 1 N–H and O–H groups in total. The van der Waals surface area contributed by atoms with Crippen molar-refractivity contribution >= 4 is 0 Å². The van der Waals surface area contributed by atoms with Crippen LogP contribution in [-0.4, -0.2) is 23.9 Å². The fourth-order valence-corrected chi connectivity index (χ4v) is 8.93. The third-order valence-corrected chi connectivity index (χ3v) is 10.7. The monoisotopic (exact) mass is 416 g/mol. The van der Waals surface area contributed by atoms with Gasteiger partial charge >= 0.3 is 0 Å². The number of hydrogen-bond acceptors (Lipinski definition) is 2. The van der Waals surface area contributed by atoms with Gasteiger partial charge in [0, 0.05) is 7.11 Å². The van der Waals surface area contributed by atoms with Crippen LogP contribution >= 0.6 is 0 Å². The first kappa shape index (κ1) is 22.8. The lowest BCUT2D eigenvalue weighted by molar-refractivity contribution is -0.106. The van der Waals surface area contributed by atoms with Crippen molar-refractivity contribution in [2.45, 2.75) is 123 Å². The van der Waals surface area contributed by atoms with Crippen LogP contribution in [0.15, 0.2) is 11.6 Å². The molecule has 0 spiro atoms. The van der Waals surface area contributed by atoms with Crippen molar-refractivity contribution < 1.29 is 9.84 Å². The predicted molar refractivity (Wildman–Crippen MR) is 125 cm³/mol. The van der Waals surface area contributed by atoms with Crippen molar-refractivity contribution in [3.05, 3.63) is 11.6 Å². The Kier molecular flexibility index (Phi) is 6.50. The van der Waals surface area contributed by atoms with E-state index in [1.807, 2.05) is 7.11 Å². The molecule has 0 aromatic rings. The van der Waals surface area contributed by atoms with E-state index in [-0.39, 0.29) is 0 Å². The van der Waals surface area contributed by atoms with Gasteiger partial charge in [-0.2, -0.15) is 0 Å². The van der Waals surface area contributed by atoms with E-state index >= 15 is 0 Å². The second kappa shape index (κ2) is 8.54. The summed E-state index contributed by atoms with van der Waals surface area (Å²) < 4.78 is 5.74. The Labute approximate surface area is 186 Å². The normalized spacial score (nSPS) is 45.1. The van der Waals surface area contributed by atoms with Crippen LogP contribution < -0.4 is 0 Å². The zero-order valence-corrected chi connectivity index (χ0v) is 20.5. The van der Waals surface area contributed by atoms with Crippen molar-refractivity contribution in [2.75, 3.05) is 7.11 Å². The second-order valence-electron chi connectivity index (χ2n) is 12.2. The van der Waals surface area contributed by atoms with Crippen molar-refractivity contribution in [3.8, 4) is 0 Å². The molecule has 4 rings (SSSR count). The van der Waals surface area contributed by atoms with E-state index in [9.17, 15) is 5.11 Å². The van der Waals surface area contributed by atoms with Crippen molar-refractivity contribution in [1.29, 1.82) is 0 Å². The molecule has 30 heavy (non-hydrogen) atoms. The molecule has 3 saturated carbocycles. The van der Waals surface area contributed by atoms with Gasteiger partial charge < -0.3 is 9.84 Å². The summed E-state index contributed by atoms with van der Waals surface area (Å²) in [6.07, 6.45) is 19.4. The summed E-state index contributed by atoms with van der Waals surface area (Å²) in [5.74, 6) is 2.97. The van der Waals surface area contributed by atoms with Gasteiger partial charge in [-0.25, -0.2) is 0 Å². The van der Waals surface area contributed by atoms with E-state index in [2.05, 4.69) is 33.8 Å². The molecule has 0 aromatic carbocycles. The Bertz CT molecular complexity index is 637. The summed E-state index contributed by atoms with van der Waals surface area (Å²) in [6, 6.07) is 0. The third-order valence-electron chi connectivity index (χ3n) is 10.7. The number of hydrogen-bond donors (Lipinski definition) is 1. The molecule has 0 radical (unpaired) electrons. The van der Waals surface area contributed by atoms with E-state index in [4.69, 9.17) is 4.74 Å². The van der Waals surface area contributed by atoms with E-state index in [1.165, 1.54) is 70.6 Å². The van der Waals surface area contributed by atoms with Crippen LogP contribution in [0.4, 0.5) is 0 Å². The van der Waals surface area contributed by atoms with Gasteiger partial charge in [0.15, 0.2) is 0 Å². The highest BCUT2D eigenvalue weighted by Crippen LogP contribution is 2.67. The number of methoxy groups -OCH3 is 1. The van der Waals surface area contributed by atoms with E-state index in [0.29, 0.717) is 22.9 Å². The molecular weight excluding hydrogens is 368 g/mol. The number of aliphatic hydroxyl groups is 1. The first-order valence-corrected chi connectivity index (χ1v) is 13.2. The molecule has 0 aromatic heterocycles. The molecule has 0 amide bonds. The van der Waals surface area contributed by atoms with Crippen molar-refractivity contribution in [2.24, 2.45) is 34.5 Å². The Morgan fingerprint density at radius 2 is 1.87 bits per heavy atom. The maximum Gasteiger partial charge on any atom is 0.0653 e. The molecule has 0 aliphatic heterocycles. The van der Waals surface area contributed by atoms with E-state index in [0.717, 1.165) is 30.6 Å². The maximum atomic E-state index is 11.6. The highest BCUT2D eigenvalue weighted by Gasteiger charge is 2.61. The molecule has 0 saturated heterocycles. The van der Waals surface area contributed by atoms with Crippen LogP contribution in [0.1, 0.15) is 111 Å². The van der Waals surface area contributed by atoms with Gasteiger partial charge in [-0.15, -0.1) is 0 Å². The molecule has 2 heteroatoms. The first-order valence-electron chi connectivity index (χ1n) is 13.2. The van der Waals surface area contributed by atoms with Gasteiger partial charge in [0.2, 0.25) is 0 Å². The summed E-state index contributed by atoms with van der Waals surface area (Å²) in [6.45, 7) is 9.59. The molecule has 3 fully saturated rings. The van der Waals surface area contributed by atoms with Crippen molar-refractivity contribution in [1.82, 2.24) is 0 Å². The number of rotatable bonds is 7. The average molecular weight is 417 g/mol. The van der Waals surface area contributed by atoms with Crippen molar-refractivity contribution in [3.63, 3.8) is 0 Å². The van der Waals surface area contributed by atoms with Gasteiger partial charge in [-0.05, 0) is 99.2 Å². The van der Waals surface area contributed by atoms with Crippen LogP contribution in [0.2, 0.25) is 0 Å². The topological polar surface area (TPSA) is 29.5 Å². The lowest BCUT2D eigenvalue weighted by Crippen LogP contribution is -2.53. The quantitative estimate of drug-likeness (QED) is 0.348. The number of allylic oxidation sites excluding steroid dienone is 1. The fraction of sp³-hybridized carbons (Fsp3) is 0.929. The molecule has 0 bridgehead atoms. The summed E-state index contributed by atoms with van der Waals surface area (Å²) in [7, 11) is 1.89. The molecule has 2 nitrogen and oxygen atoms in total. The summed E-state index contributed by atoms with van der Waals surface area (Å²) in [5, 5.41) is 11.6. The Morgan fingerprint density at radius 3 is 2.60 bits per heavy atom. The molecule has 0 heterocycles. The molecular formula is C28H48O2. The van der Waals surface area contributed by atoms with Gasteiger partial charge in [-0.3, -0.25) is 0 Å². The first-order chi connectivity index (χ1) is 14.3. The van der Waals surface area contributed by atoms with Crippen LogP contribution in [0.25, 0.3) is 0 Å². The third kappa shape index (κ3) is 3.72. The molecule has 4 aliphatic carbocycles. The molecule has 8 atom stereocenters. The lowest BCUT2D eigenvalue weighted by Gasteiger charge is -2.59. The molecule has 4 aliphatic rings. The Balaban J connectivity index is 1.50. The van der Waals surface area contributed by atoms with Crippen LogP contribution in [0, 0.1) is 34.5 Å². The van der Waals surface area contributed by atoms with Gasteiger partial charge in [0.1, 0.15) is 0 Å². The second-order valence-corrected chi connectivity index (χ2v) is 12.2. The minimum Gasteiger partial charge on any atom is -0.390 e. The maximum absolute atomic E-state index is 11.6. The molecule has 3 unspecified atom stereocenters. The largest absolute Gasteiger partial charge is 0.390 e. The number of ether oxygens (including phenoxy) is 1. The highest BCUT2D eigenvalue weighted by molar-refractivity contribution is 5.25. The fourth-order valence-electron chi connectivity index (χ4n) is 8.93. The van der Waals surface area contributed by atoms with E-state index < -0.39 is 5.60 Å². The van der Waals surface area contributed by atoms with Crippen LogP contribution in [-0.2, 0) is 4.74 Å². The van der Waals surface area contributed by atoms with Gasteiger partial charge in [0.05, 0.1) is 11.7 Å². The van der Waals surface area contributed by atoms with Gasteiger partial charge in [0.25, 0.3) is 0 Å². The molecule has 172 valence electrons. The minimum atomic E-state index is -0.486. The van der Waals surface area contributed by atoms with Crippen LogP contribution in [0.3, 0.4) is 0 Å². The van der Waals surface area contributed by atoms with Crippen LogP contribution in [0.5, 0.6) is 0 Å². The summed E-state index contributed by atoms with van der Waals surface area (Å²) in [5.41, 5.74) is 1.96. The smallest absolute Gasteiger partial charge is 0.0653 e. The number of unbranched alkanes of at least 4 members (excludes halogenated alkanes) is 3. The zero-order chi connectivity index (χ0) is 21.6. The summed E-state index contributed by atoms with van der Waals surface area (Å²) in [4.78, 5) is 0. The predicted octanol–water partition coefficient (Wildman–Crippen LogP) is 7.30. The van der Waals surface area contributed by atoms with E-state index in [1.54, 1.807) is 5.57 Å². The number of fused-ring (bicyclic) bond motifs is 5. The SMILES string of the molecule is CCCCCC[C@](C)(O)[C@H]1CCC2C3CC=C4C[C@@H](OC)CC[C@]4(C)C3CC[C@@]21C. The summed E-state index contributed by atoms with van der Waals surface area (Å²) >= 11 is 0. The Hall–Kier alpha value is -0.340. The standard InChI is InChI=1S/C28H48O2/c1-6-7-8-9-16-28(4,29)25-13-12-23-22-11-10-20-19-21(30-5)14-17-26(20,2)24(22)15-18-27(23,25)3/h10,21-25,29H,6-9,11-19H2,1-5H3/t21-,22?,23?,24?,25-,26-,27-,28-/m0/s1. The highest BCUT2D eigenvalue weighted by atomic mass is 16.5. The zero-order valence-electron chi connectivity index (χ0n) is 20.5. The lowest BCUT2D eigenvalue weighted by atomic mass is 9.46.